The normalized spacial score (nSPS) is 26.3. The summed E-state index contributed by atoms with van der Waals surface area (Å²) < 4.78 is 37.1. The van der Waals surface area contributed by atoms with Crippen molar-refractivity contribution in [1.82, 2.24) is 4.90 Å². The van der Waals surface area contributed by atoms with Gasteiger partial charge in [-0.1, -0.05) is 44.7 Å². The van der Waals surface area contributed by atoms with Gasteiger partial charge < -0.3 is 4.90 Å². The lowest BCUT2D eigenvalue weighted by molar-refractivity contribution is -0.124. The molecule has 0 radical (unpaired) electrons. The summed E-state index contributed by atoms with van der Waals surface area (Å²) >= 11 is 1.39. The largest absolute Gasteiger partial charge is 0.346 e. The minimum Gasteiger partial charge on any atom is -0.346 e. The Morgan fingerprint density at radius 2 is 1.92 bits per heavy atom. The number of carbonyl (C=O) groups excluding carboxylic acids is 1. The molecule has 2 heterocycles. The van der Waals surface area contributed by atoms with Gasteiger partial charge in [-0.25, -0.2) is 12.8 Å². The second kappa shape index (κ2) is 6.96. The Kier molecular flexibility index (Phi) is 5.18. The van der Waals surface area contributed by atoms with Crippen molar-refractivity contribution >= 4 is 32.7 Å². The van der Waals surface area contributed by atoms with E-state index in [1.54, 1.807) is 12.1 Å². The van der Waals surface area contributed by atoms with Crippen LogP contribution in [-0.2, 0) is 21.1 Å². The summed E-state index contributed by atoms with van der Waals surface area (Å²) in [6.07, 6.45) is 0.632. The molecule has 1 aromatic rings. The first-order chi connectivity index (χ1) is 12.0. The minimum atomic E-state index is -3.06. The molecule has 0 spiro atoms. The van der Waals surface area contributed by atoms with Crippen molar-refractivity contribution in [2.24, 2.45) is 10.4 Å². The fraction of sp³-hybridized carbons (Fsp3) is 0.556. The van der Waals surface area contributed by atoms with Crippen molar-refractivity contribution in [2.75, 3.05) is 18.1 Å². The first kappa shape index (κ1) is 19.4. The Hall–Kier alpha value is -1.41. The first-order valence-electron chi connectivity index (χ1n) is 8.56. The summed E-state index contributed by atoms with van der Waals surface area (Å²) in [4.78, 5) is 18.6. The molecule has 0 saturated carbocycles. The summed E-state index contributed by atoms with van der Waals surface area (Å²) in [5, 5.41) is 0.525. The fourth-order valence-electron chi connectivity index (χ4n) is 3.05. The monoisotopic (exact) mass is 398 g/mol. The molecule has 3 rings (SSSR count). The summed E-state index contributed by atoms with van der Waals surface area (Å²) in [6.45, 7) is 5.99. The number of nitrogens with zero attached hydrogens (tertiary/aromatic N) is 2. The standard InChI is InChI=1S/C18H23FN2O3S2/c1-18(2,3)16(22)20-17-21(9-8-12-4-6-13(19)7-5-12)14-10-26(23,24)11-15(14)25-17/h4-7,14-15H,8-11H2,1-3H3/t14-,15-/m0/s1. The minimum absolute atomic E-state index is 0.0836. The molecular formula is C18H23FN2O3S2. The third-order valence-electron chi connectivity index (χ3n) is 4.57. The maximum absolute atomic E-state index is 13.1. The second-order valence-corrected chi connectivity index (χ2v) is 11.2. The SMILES string of the molecule is CC(C)(C)C(=O)N=C1S[C@H]2CS(=O)(=O)C[C@@H]2N1CCc1ccc(F)cc1. The van der Waals surface area contributed by atoms with E-state index in [-0.39, 0.29) is 34.5 Å². The average molecular weight is 399 g/mol. The lowest BCUT2D eigenvalue weighted by Gasteiger charge is -2.25. The lowest BCUT2D eigenvalue weighted by Crippen LogP contribution is -2.39. The van der Waals surface area contributed by atoms with Crippen LogP contribution >= 0.6 is 11.8 Å². The maximum Gasteiger partial charge on any atom is 0.253 e. The molecule has 2 atom stereocenters. The van der Waals surface area contributed by atoms with Gasteiger partial charge in [-0.2, -0.15) is 4.99 Å². The maximum atomic E-state index is 13.1. The summed E-state index contributed by atoms with van der Waals surface area (Å²) in [6, 6.07) is 6.11. The smallest absolute Gasteiger partial charge is 0.253 e. The zero-order valence-corrected chi connectivity index (χ0v) is 16.7. The quantitative estimate of drug-likeness (QED) is 0.783. The van der Waals surface area contributed by atoms with Crippen LogP contribution in [0.3, 0.4) is 0 Å². The van der Waals surface area contributed by atoms with Crippen LogP contribution in [0.5, 0.6) is 0 Å². The van der Waals surface area contributed by atoms with Gasteiger partial charge in [-0.3, -0.25) is 4.79 Å². The van der Waals surface area contributed by atoms with Gasteiger partial charge in [0.25, 0.3) is 5.91 Å². The number of hydrogen-bond donors (Lipinski definition) is 0. The molecule has 1 aromatic carbocycles. The highest BCUT2D eigenvalue weighted by Gasteiger charge is 2.48. The molecule has 2 saturated heterocycles. The Morgan fingerprint density at radius 1 is 1.27 bits per heavy atom. The molecule has 0 aromatic heterocycles. The van der Waals surface area contributed by atoms with E-state index in [0.29, 0.717) is 18.1 Å². The van der Waals surface area contributed by atoms with Gasteiger partial charge in [0.1, 0.15) is 5.82 Å². The van der Waals surface area contributed by atoms with Gasteiger partial charge >= 0.3 is 0 Å². The molecule has 0 unspecified atom stereocenters. The molecule has 2 aliphatic rings. The zero-order valence-electron chi connectivity index (χ0n) is 15.1. The van der Waals surface area contributed by atoms with E-state index >= 15 is 0 Å². The number of amides is 1. The number of hydrogen-bond acceptors (Lipinski definition) is 4. The number of halogens is 1. The van der Waals surface area contributed by atoms with Crippen LogP contribution in [0.2, 0.25) is 0 Å². The Morgan fingerprint density at radius 3 is 2.54 bits per heavy atom. The van der Waals surface area contributed by atoms with E-state index in [2.05, 4.69) is 4.99 Å². The van der Waals surface area contributed by atoms with Gasteiger partial charge in [0.05, 0.1) is 17.5 Å². The molecule has 26 heavy (non-hydrogen) atoms. The summed E-state index contributed by atoms with van der Waals surface area (Å²) in [5.74, 6) is -0.283. The number of thioether (sulfide) groups is 1. The van der Waals surface area contributed by atoms with Crippen LogP contribution in [0.15, 0.2) is 29.3 Å². The van der Waals surface area contributed by atoms with Crippen molar-refractivity contribution in [3.05, 3.63) is 35.6 Å². The van der Waals surface area contributed by atoms with Gasteiger partial charge in [0.2, 0.25) is 0 Å². The van der Waals surface area contributed by atoms with Crippen LogP contribution < -0.4 is 0 Å². The number of aliphatic imine (C=N–C) groups is 1. The van der Waals surface area contributed by atoms with Crippen LogP contribution in [0.4, 0.5) is 4.39 Å². The predicted molar refractivity (Wildman–Crippen MR) is 103 cm³/mol. The Bertz CT molecular complexity index is 829. The number of sulfone groups is 1. The third kappa shape index (κ3) is 4.28. The third-order valence-corrected chi connectivity index (χ3v) is 7.82. The number of benzene rings is 1. The molecule has 0 N–H and O–H groups in total. The lowest BCUT2D eigenvalue weighted by atomic mass is 9.96. The molecule has 1 amide bonds. The van der Waals surface area contributed by atoms with Crippen LogP contribution in [0, 0.1) is 11.2 Å². The van der Waals surface area contributed by atoms with Gasteiger partial charge in [0, 0.05) is 17.2 Å². The summed E-state index contributed by atoms with van der Waals surface area (Å²) in [5.41, 5.74) is 0.377. The van der Waals surface area contributed by atoms with Crippen LogP contribution in [0.25, 0.3) is 0 Å². The molecule has 142 valence electrons. The topological polar surface area (TPSA) is 66.8 Å². The van der Waals surface area contributed by atoms with Crippen LogP contribution in [0.1, 0.15) is 26.3 Å². The van der Waals surface area contributed by atoms with E-state index in [9.17, 15) is 17.6 Å². The van der Waals surface area contributed by atoms with E-state index < -0.39 is 15.3 Å². The molecule has 8 heteroatoms. The van der Waals surface area contributed by atoms with Crippen molar-refractivity contribution in [2.45, 2.75) is 38.5 Å². The van der Waals surface area contributed by atoms with Gasteiger partial charge in [0.15, 0.2) is 15.0 Å². The number of rotatable bonds is 3. The number of carbonyl (C=O) groups is 1. The molecule has 5 nitrogen and oxygen atoms in total. The van der Waals surface area contributed by atoms with E-state index in [1.165, 1.54) is 23.9 Å². The molecule has 2 fully saturated rings. The Labute approximate surface area is 158 Å². The molecular weight excluding hydrogens is 375 g/mol. The van der Waals surface area contributed by atoms with Crippen molar-refractivity contribution in [1.29, 1.82) is 0 Å². The highest BCUT2D eigenvalue weighted by atomic mass is 32.2. The van der Waals surface area contributed by atoms with Gasteiger partial charge in [-0.05, 0) is 24.1 Å². The number of fused-ring (bicyclic) bond motifs is 1. The average Bonchev–Trinajstić information content (AvgIpc) is 2.97. The van der Waals surface area contributed by atoms with Crippen LogP contribution in [-0.4, -0.2) is 53.7 Å². The highest BCUT2D eigenvalue weighted by molar-refractivity contribution is 8.15. The second-order valence-electron chi connectivity index (χ2n) is 7.82. The van der Waals surface area contributed by atoms with E-state index in [1.807, 2.05) is 25.7 Å². The zero-order chi connectivity index (χ0) is 19.1. The molecule has 0 bridgehead atoms. The van der Waals surface area contributed by atoms with E-state index in [4.69, 9.17) is 0 Å². The highest BCUT2D eigenvalue weighted by Crippen LogP contribution is 2.38. The van der Waals surface area contributed by atoms with Crippen molar-refractivity contribution in [3.8, 4) is 0 Å². The Balaban J connectivity index is 1.81. The molecule has 2 aliphatic heterocycles. The number of amidine groups is 1. The van der Waals surface area contributed by atoms with E-state index in [0.717, 1.165) is 5.56 Å². The predicted octanol–water partition coefficient (Wildman–Crippen LogP) is 2.51. The molecule has 0 aliphatic carbocycles. The first-order valence-corrected chi connectivity index (χ1v) is 11.3. The summed E-state index contributed by atoms with van der Waals surface area (Å²) in [7, 11) is -3.06. The van der Waals surface area contributed by atoms with Gasteiger partial charge in [-0.15, -0.1) is 0 Å². The van der Waals surface area contributed by atoms with Crippen molar-refractivity contribution in [3.63, 3.8) is 0 Å². The fourth-order valence-corrected chi connectivity index (χ4v) is 7.03. The van der Waals surface area contributed by atoms with Crippen molar-refractivity contribution < 1.29 is 17.6 Å².